The quantitative estimate of drug-likeness (QED) is 0.357. The third-order valence-electron chi connectivity index (χ3n) is 4.43. The van der Waals surface area contributed by atoms with Crippen molar-refractivity contribution in [1.82, 2.24) is 5.43 Å². The van der Waals surface area contributed by atoms with Crippen LogP contribution >= 0.6 is 0 Å². The fourth-order valence-electron chi connectivity index (χ4n) is 2.81. The molecule has 0 unspecified atom stereocenters. The molecule has 0 saturated heterocycles. The van der Waals surface area contributed by atoms with Crippen LogP contribution in [0.2, 0.25) is 0 Å². The second-order valence-corrected chi connectivity index (χ2v) is 6.69. The topological polar surface area (TPSA) is 93.8 Å². The highest BCUT2D eigenvalue weighted by Gasteiger charge is 2.16. The van der Waals surface area contributed by atoms with Crippen LogP contribution in [0.1, 0.15) is 18.1 Å². The van der Waals surface area contributed by atoms with E-state index in [0.29, 0.717) is 5.71 Å². The molecule has 0 radical (unpaired) electrons. The molecule has 7 heteroatoms. The van der Waals surface area contributed by atoms with E-state index >= 15 is 0 Å². The van der Waals surface area contributed by atoms with Gasteiger partial charge in [0, 0.05) is 6.07 Å². The zero-order valence-corrected chi connectivity index (χ0v) is 16.7. The molecular weight excluding hydrogens is 382 g/mol. The van der Waals surface area contributed by atoms with Gasteiger partial charge in [0.05, 0.1) is 10.6 Å². The molecule has 3 rings (SSSR count). The van der Waals surface area contributed by atoms with Gasteiger partial charge in [-0.05, 0) is 42.2 Å². The number of ether oxygens (including phenoxy) is 1. The van der Waals surface area contributed by atoms with E-state index in [4.69, 9.17) is 4.74 Å². The highest BCUT2D eigenvalue weighted by atomic mass is 16.6. The van der Waals surface area contributed by atoms with Gasteiger partial charge in [0.1, 0.15) is 0 Å². The summed E-state index contributed by atoms with van der Waals surface area (Å²) in [6.07, 6.45) is 0. The van der Waals surface area contributed by atoms with Crippen molar-refractivity contribution < 1.29 is 14.5 Å². The average Bonchev–Trinajstić information content (AvgIpc) is 2.77. The molecule has 7 nitrogen and oxygen atoms in total. The predicted molar refractivity (Wildman–Crippen MR) is 116 cm³/mol. The van der Waals surface area contributed by atoms with Crippen molar-refractivity contribution in [2.75, 3.05) is 6.61 Å². The molecule has 0 fully saturated rings. The molecule has 0 aromatic heterocycles. The number of nitrogens with one attached hydrogen (secondary N) is 1. The van der Waals surface area contributed by atoms with Gasteiger partial charge in [0.25, 0.3) is 5.91 Å². The van der Waals surface area contributed by atoms with E-state index in [1.165, 1.54) is 12.1 Å². The van der Waals surface area contributed by atoms with Gasteiger partial charge in [-0.3, -0.25) is 14.9 Å². The number of rotatable bonds is 7. The maximum absolute atomic E-state index is 12.0. The minimum Gasteiger partial charge on any atom is -0.477 e. The third-order valence-corrected chi connectivity index (χ3v) is 4.43. The first-order valence-electron chi connectivity index (χ1n) is 9.31. The number of nitrogens with zero attached hydrogens (tertiary/aromatic N) is 2. The number of aryl methyl sites for hydroxylation is 1. The highest BCUT2D eigenvalue weighted by molar-refractivity contribution is 5.99. The van der Waals surface area contributed by atoms with E-state index < -0.39 is 10.8 Å². The lowest BCUT2D eigenvalue weighted by Gasteiger charge is -2.07. The molecule has 0 atom stereocenters. The van der Waals surface area contributed by atoms with Crippen LogP contribution in [-0.4, -0.2) is 23.1 Å². The monoisotopic (exact) mass is 403 g/mol. The van der Waals surface area contributed by atoms with Gasteiger partial charge in [-0.25, -0.2) is 5.43 Å². The first kappa shape index (κ1) is 20.7. The Kier molecular flexibility index (Phi) is 6.54. The molecule has 0 saturated carbocycles. The van der Waals surface area contributed by atoms with E-state index in [-0.39, 0.29) is 18.0 Å². The SMILES string of the molecule is C/C(=N\NC(=O)COc1ccc(C)cc1[N+](=O)[O-])c1ccc(-c2ccccc2)cc1. The number of hydrogen-bond acceptors (Lipinski definition) is 5. The van der Waals surface area contributed by atoms with Crippen LogP contribution < -0.4 is 10.2 Å². The Morgan fingerprint density at radius 3 is 2.37 bits per heavy atom. The molecule has 1 N–H and O–H groups in total. The van der Waals surface area contributed by atoms with Crippen LogP contribution in [0, 0.1) is 17.0 Å². The standard InChI is InChI=1S/C23H21N3O4/c1-16-8-13-22(21(14-16)26(28)29)30-15-23(27)25-24-17(2)18-9-11-20(12-10-18)19-6-4-3-5-7-19/h3-14H,15H2,1-2H3,(H,25,27)/b24-17+. The molecule has 0 aliphatic rings. The molecule has 3 aromatic rings. The van der Waals surface area contributed by atoms with E-state index in [1.54, 1.807) is 19.9 Å². The zero-order chi connectivity index (χ0) is 21.5. The lowest BCUT2D eigenvalue weighted by atomic mass is 10.0. The van der Waals surface area contributed by atoms with Gasteiger partial charge in [0.15, 0.2) is 12.4 Å². The van der Waals surface area contributed by atoms with Gasteiger partial charge >= 0.3 is 5.69 Å². The fraction of sp³-hybridized carbons (Fsp3) is 0.130. The number of carbonyl (C=O) groups is 1. The normalized spacial score (nSPS) is 11.1. The highest BCUT2D eigenvalue weighted by Crippen LogP contribution is 2.27. The number of hydrogen-bond donors (Lipinski definition) is 1. The molecule has 0 spiro atoms. The Labute approximate surface area is 174 Å². The van der Waals surface area contributed by atoms with E-state index in [2.05, 4.69) is 10.5 Å². The summed E-state index contributed by atoms with van der Waals surface area (Å²) in [5.41, 5.74) is 6.67. The van der Waals surface area contributed by atoms with Gasteiger partial charge in [0.2, 0.25) is 0 Å². The van der Waals surface area contributed by atoms with Crippen molar-refractivity contribution in [1.29, 1.82) is 0 Å². The number of amides is 1. The largest absolute Gasteiger partial charge is 0.477 e. The lowest BCUT2D eigenvalue weighted by molar-refractivity contribution is -0.385. The van der Waals surface area contributed by atoms with Gasteiger partial charge in [-0.2, -0.15) is 5.10 Å². The summed E-state index contributed by atoms with van der Waals surface area (Å²) in [6, 6.07) is 22.4. The average molecular weight is 403 g/mol. The second-order valence-electron chi connectivity index (χ2n) is 6.69. The van der Waals surface area contributed by atoms with Crippen LogP contribution in [-0.2, 0) is 4.79 Å². The molecule has 1 amide bonds. The van der Waals surface area contributed by atoms with Gasteiger partial charge in [-0.1, -0.05) is 60.7 Å². The van der Waals surface area contributed by atoms with Crippen molar-refractivity contribution in [2.45, 2.75) is 13.8 Å². The summed E-state index contributed by atoms with van der Waals surface area (Å²) in [4.78, 5) is 22.6. The number of carbonyl (C=O) groups excluding carboxylic acids is 1. The maximum atomic E-state index is 12.0. The fourth-order valence-corrected chi connectivity index (χ4v) is 2.81. The van der Waals surface area contributed by atoms with Crippen LogP contribution in [0.4, 0.5) is 5.69 Å². The summed E-state index contributed by atoms with van der Waals surface area (Å²) in [7, 11) is 0. The van der Waals surface area contributed by atoms with Crippen LogP contribution in [0.25, 0.3) is 11.1 Å². The second kappa shape index (κ2) is 9.47. The van der Waals surface area contributed by atoms with Crippen LogP contribution in [0.3, 0.4) is 0 Å². The van der Waals surface area contributed by atoms with Crippen molar-refractivity contribution in [3.63, 3.8) is 0 Å². The predicted octanol–water partition coefficient (Wildman–Crippen LogP) is 4.49. The maximum Gasteiger partial charge on any atom is 0.311 e. The Hall–Kier alpha value is -4.00. The Balaban J connectivity index is 1.59. The molecule has 30 heavy (non-hydrogen) atoms. The molecule has 152 valence electrons. The van der Waals surface area contributed by atoms with Crippen LogP contribution in [0.5, 0.6) is 5.75 Å². The number of benzene rings is 3. The summed E-state index contributed by atoms with van der Waals surface area (Å²) < 4.78 is 5.29. The minimum atomic E-state index is -0.540. The first-order valence-corrected chi connectivity index (χ1v) is 9.31. The van der Waals surface area contributed by atoms with Crippen molar-refractivity contribution in [3.05, 3.63) is 94.0 Å². The van der Waals surface area contributed by atoms with E-state index in [9.17, 15) is 14.9 Å². The molecule has 0 heterocycles. The van der Waals surface area contributed by atoms with Gasteiger partial charge in [-0.15, -0.1) is 0 Å². The molecule has 3 aromatic carbocycles. The lowest BCUT2D eigenvalue weighted by Crippen LogP contribution is -2.25. The smallest absolute Gasteiger partial charge is 0.311 e. The van der Waals surface area contributed by atoms with Crippen molar-refractivity contribution in [3.8, 4) is 16.9 Å². The minimum absolute atomic E-state index is 0.0398. The van der Waals surface area contributed by atoms with E-state index in [1.807, 2.05) is 54.6 Å². The van der Waals surface area contributed by atoms with Gasteiger partial charge < -0.3 is 4.74 Å². The summed E-state index contributed by atoms with van der Waals surface area (Å²) in [5.74, 6) is -0.469. The third kappa shape index (κ3) is 5.29. The Bertz CT molecular complexity index is 1080. The van der Waals surface area contributed by atoms with Crippen molar-refractivity contribution >= 4 is 17.3 Å². The number of nitro groups is 1. The summed E-state index contributed by atoms with van der Waals surface area (Å²) >= 11 is 0. The van der Waals surface area contributed by atoms with Crippen molar-refractivity contribution in [2.24, 2.45) is 5.10 Å². The Morgan fingerprint density at radius 1 is 1.03 bits per heavy atom. The van der Waals surface area contributed by atoms with E-state index in [0.717, 1.165) is 22.3 Å². The number of nitro benzene ring substituents is 1. The molecular formula is C23H21N3O4. The molecule has 0 aliphatic carbocycles. The molecule has 0 aliphatic heterocycles. The first-order chi connectivity index (χ1) is 14.4. The van der Waals surface area contributed by atoms with Crippen LogP contribution in [0.15, 0.2) is 77.9 Å². The molecule has 0 bridgehead atoms. The summed E-state index contributed by atoms with van der Waals surface area (Å²) in [6.45, 7) is 3.14. The zero-order valence-electron chi connectivity index (χ0n) is 16.7. The number of hydrazone groups is 1. The summed E-state index contributed by atoms with van der Waals surface area (Å²) in [5, 5.41) is 15.2. The Morgan fingerprint density at radius 2 is 1.70 bits per heavy atom.